The van der Waals surface area contributed by atoms with Gasteiger partial charge in [0.2, 0.25) is 0 Å². The standard InChI is InChI=1S/C16H24O2/c1-11-4-6-16(18,7-5-11)15(17)14-9-12(2)8-13(3)10-14/h8-11,15,17-18H,4-7H2,1-3H3. The molecule has 100 valence electrons. The van der Waals surface area contributed by atoms with E-state index in [9.17, 15) is 10.2 Å². The van der Waals surface area contributed by atoms with Crippen LogP contribution in [0.3, 0.4) is 0 Å². The van der Waals surface area contributed by atoms with E-state index in [1.165, 1.54) is 0 Å². The molecule has 0 heterocycles. The fourth-order valence-electron chi connectivity index (χ4n) is 3.01. The van der Waals surface area contributed by atoms with E-state index in [4.69, 9.17) is 0 Å². The van der Waals surface area contributed by atoms with Crippen LogP contribution < -0.4 is 0 Å². The van der Waals surface area contributed by atoms with Crippen LogP contribution in [0.15, 0.2) is 18.2 Å². The highest BCUT2D eigenvalue weighted by Crippen LogP contribution is 2.40. The third-order valence-corrected chi connectivity index (χ3v) is 4.21. The molecule has 0 saturated heterocycles. The Kier molecular flexibility index (Phi) is 3.79. The predicted molar refractivity (Wildman–Crippen MR) is 73.5 cm³/mol. The van der Waals surface area contributed by atoms with Crippen LogP contribution in [0, 0.1) is 19.8 Å². The normalized spacial score (nSPS) is 30.2. The van der Waals surface area contributed by atoms with Crippen LogP contribution in [0.1, 0.15) is 55.4 Å². The number of benzene rings is 1. The number of aryl methyl sites for hydroxylation is 2. The average Bonchev–Trinajstić information content (AvgIpc) is 2.31. The summed E-state index contributed by atoms with van der Waals surface area (Å²) in [5.41, 5.74) is 2.19. The van der Waals surface area contributed by atoms with Gasteiger partial charge in [-0.15, -0.1) is 0 Å². The molecule has 0 aromatic heterocycles. The van der Waals surface area contributed by atoms with Gasteiger partial charge >= 0.3 is 0 Å². The van der Waals surface area contributed by atoms with Crippen molar-refractivity contribution in [2.75, 3.05) is 0 Å². The summed E-state index contributed by atoms with van der Waals surface area (Å²) >= 11 is 0. The minimum atomic E-state index is -0.938. The van der Waals surface area contributed by atoms with E-state index in [0.717, 1.165) is 29.5 Å². The Labute approximate surface area is 110 Å². The molecule has 1 aromatic carbocycles. The fraction of sp³-hybridized carbons (Fsp3) is 0.625. The lowest BCUT2D eigenvalue weighted by atomic mass is 9.74. The molecule has 2 nitrogen and oxygen atoms in total. The summed E-state index contributed by atoms with van der Waals surface area (Å²) in [5, 5.41) is 21.1. The molecule has 18 heavy (non-hydrogen) atoms. The second-order valence-electron chi connectivity index (χ2n) is 6.11. The highest BCUT2D eigenvalue weighted by molar-refractivity contribution is 5.31. The van der Waals surface area contributed by atoms with Gasteiger partial charge in [-0.2, -0.15) is 0 Å². The van der Waals surface area contributed by atoms with Crippen molar-refractivity contribution in [1.82, 2.24) is 0 Å². The lowest BCUT2D eigenvalue weighted by Crippen LogP contribution is -2.39. The molecule has 1 unspecified atom stereocenters. The minimum absolute atomic E-state index is 0.664. The van der Waals surface area contributed by atoms with Crippen LogP contribution in [-0.4, -0.2) is 15.8 Å². The van der Waals surface area contributed by atoms with Gasteiger partial charge in [-0.25, -0.2) is 0 Å². The van der Waals surface area contributed by atoms with Crippen molar-refractivity contribution in [1.29, 1.82) is 0 Å². The third-order valence-electron chi connectivity index (χ3n) is 4.21. The Bertz CT molecular complexity index is 397. The quantitative estimate of drug-likeness (QED) is 0.843. The first-order chi connectivity index (χ1) is 8.40. The van der Waals surface area contributed by atoms with Crippen LogP contribution in [0.5, 0.6) is 0 Å². The first kappa shape index (κ1) is 13.6. The SMILES string of the molecule is Cc1cc(C)cc(C(O)C2(O)CCC(C)CC2)c1. The molecule has 2 N–H and O–H groups in total. The zero-order valence-electron chi connectivity index (χ0n) is 11.6. The van der Waals surface area contributed by atoms with Crippen LogP contribution in [0.25, 0.3) is 0 Å². The van der Waals surface area contributed by atoms with E-state index in [-0.39, 0.29) is 0 Å². The Morgan fingerprint density at radius 2 is 1.61 bits per heavy atom. The van der Waals surface area contributed by atoms with Gasteiger partial charge in [0.1, 0.15) is 6.10 Å². The molecule has 0 amide bonds. The van der Waals surface area contributed by atoms with Crippen LogP contribution in [0.4, 0.5) is 0 Å². The van der Waals surface area contributed by atoms with Crippen molar-refractivity contribution < 1.29 is 10.2 Å². The summed E-state index contributed by atoms with van der Waals surface area (Å²) in [6.07, 6.45) is 2.63. The molecule has 1 fully saturated rings. The van der Waals surface area contributed by atoms with Crippen molar-refractivity contribution in [2.45, 2.75) is 58.2 Å². The molecule has 1 atom stereocenters. The molecule has 2 heteroatoms. The second kappa shape index (κ2) is 5.02. The van der Waals surface area contributed by atoms with Gasteiger partial charge in [0.15, 0.2) is 0 Å². The van der Waals surface area contributed by atoms with Gasteiger partial charge in [0.25, 0.3) is 0 Å². The Balaban J connectivity index is 2.22. The van der Waals surface area contributed by atoms with E-state index >= 15 is 0 Å². The van der Waals surface area contributed by atoms with Crippen molar-refractivity contribution in [3.05, 3.63) is 34.9 Å². The Hall–Kier alpha value is -0.860. The molecule has 0 radical (unpaired) electrons. The van der Waals surface area contributed by atoms with E-state index < -0.39 is 11.7 Å². The third kappa shape index (κ3) is 2.76. The molecular weight excluding hydrogens is 224 g/mol. The molecular formula is C16H24O2. The first-order valence-corrected chi connectivity index (χ1v) is 6.89. The highest BCUT2D eigenvalue weighted by atomic mass is 16.3. The molecule has 1 saturated carbocycles. The number of aliphatic hydroxyl groups is 2. The summed E-state index contributed by atoms with van der Waals surface area (Å²) < 4.78 is 0. The molecule has 2 rings (SSSR count). The molecule has 0 spiro atoms. The minimum Gasteiger partial charge on any atom is -0.387 e. The number of aliphatic hydroxyl groups excluding tert-OH is 1. The zero-order chi connectivity index (χ0) is 13.3. The van der Waals surface area contributed by atoms with Crippen molar-refractivity contribution in [2.24, 2.45) is 5.92 Å². The van der Waals surface area contributed by atoms with E-state index in [0.29, 0.717) is 18.8 Å². The monoisotopic (exact) mass is 248 g/mol. The van der Waals surface area contributed by atoms with Gasteiger partial charge in [-0.05, 0) is 51.0 Å². The van der Waals surface area contributed by atoms with E-state index in [1.807, 2.05) is 26.0 Å². The number of hydrogen-bond donors (Lipinski definition) is 2. The predicted octanol–water partition coefficient (Wildman–Crippen LogP) is 3.28. The van der Waals surface area contributed by atoms with Gasteiger partial charge in [-0.3, -0.25) is 0 Å². The maximum atomic E-state index is 10.6. The fourth-order valence-corrected chi connectivity index (χ4v) is 3.01. The average molecular weight is 248 g/mol. The van der Waals surface area contributed by atoms with Crippen LogP contribution in [-0.2, 0) is 0 Å². The lowest BCUT2D eigenvalue weighted by molar-refractivity contribution is -0.105. The molecule has 1 aliphatic rings. The van der Waals surface area contributed by atoms with Gasteiger partial charge in [0, 0.05) is 0 Å². The number of hydrogen-bond acceptors (Lipinski definition) is 2. The van der Waals surface area contributed by atoms with E-state index in [1.54, 1.807) is 0 Å². The molecule has 0 aliphatic heterocycles. The summed E-state index contributed by atoms with van der Waals surface area (Å²) in [7, 11) is 0. The number of rotatable bonds is 2. The van der Waals surface area contributed by atoms with Crippen LogP contribution >= 0.6 is 0 Å². The van der Waals surface area contributed by atoms with Gasteiger partial charge in [-0.1, -0.05) is 36.2 Å². The zero-order valence-corrected chi connectivity index (χ0v) is 11.6. The van der Waals surface area contributed by atoms with Crippen LogP contribution in [0.2, 0.25) is 0 Å². The van der Waals surface area contributed by atoms with Gasteiger partial charge in [0.05, 0.1) is 5.60 Å². The lowest BCUT2D eigenvalue weighted by Gasteiger charge is -2.38. The summed E-state index contributed by atoms with van der Waals surface area (Å²) in [6.45, 7) is 6.26. The van der Waals surface area contributed by atoms with Gasteiger partial charge < -0.3 is 10.2 Å². The van der Waals surface area contributed by atoms with E-state index in [2.05, 4.69) is 13.0 Å². The largest absolute Gasteiger partial charge is 0.387 e. The topological polar surface area (TPSA) is 40.5 Å². The summed E-state index contributed by atoms with van der Waals surface area (Å²) in [6, 6.07) is 6.05. The summed E-state index contributed by atoms with van der Waals surface area (Å²) in [4.78, 5) is 0. The summed E-state index contributed by atoms with van der Waals surface area (Å²) in [5.74, 6) is 0.664. The van der Waals surface area contributed by atoms with Crippen molar-refractivity contribution in [3.63, 3.8) is 0 Å². The first-order valence-electron chi connectivity index (χ1n) is 6.89. The maximum absolute atomic E-state index is 10.6. The Morgan fingerprint density at radius 1 is 1.11 bits per heavy atom. The molecule has 0 bridgehead atoms. The molecule has 1 aliphatic carbocycles. The van der Waals surface area contributed by atoms with Crippen molar-refractivity contribution >= 4 is 0 Å². The molecule has 1 aromatic rings. The maximum Gasteiger partial charge on any atom is 0.108 e. The second-order valence-corrected chi connectivity index (χ2v) is 6.11. The van der Waals surface area contributed by atoms with Crippen molar-refractivity contribution in [3.8, 4) is 0 Å². The highest BCUT2D eigenvalue weighted by Gasteiger charge is 2.39. The smallest absolute Gasteiger partial charge is 0.108 e. The Morgan fingerprint density at radius 3 is 2.11 bits per heavy atom.